The lowest BCUT2D eigenvalue weighted by atomic mass is 9.98. The zero-order valence-electron chi connectivity index (χ0n) is 16.4. The monoisotopic (exact) mass is 374 g/mol. The SMILES string of the molecule is C=C(N1CCC(C)CC1)N(N)[C@H](Cc1ccc(OC(N)=O)c(C)c1)C(C)=O. The van der Waals surface area contributed by atoms with E-state index in [1.165, 1.54) is 11.9 Å². The summed E-state index contributed by atoms with van der Waals surface area (Å²) in [5.74, 6) is 8.05. The molecule has 0 saturated carbocycles. The summed E-state index contributed by atoms with van der Waals surface area (Å²) in [5.41, 5.74) is 6.74. The normalized spacial score (nSPS) is 15.9. The lowest BCUT2D eigenvalue weighted by Gasteiger charge is -2.39. The van der Waals surface area contributed by atoms with Gasteiger partial charge in [0, 0.05) is 19.5 Å². The molecule has 27 heavy (non-hydrogen) atoms. The average molecular weight is 374 g/mol. The van der Waals surface area contributed by atoms with Crippen molar-refractivity contribution in [2.24, 2.45) is 17.5 Å². The van der Waals surface area contributed by atoms with Gasteiger partial charge >= 0.3 is 6.09 Å². The predicted molar refractivity (Wildman–Crippen MR) is 105 cm³/mol. The van der Waals surface area contributed by atoms with E-state index in [0.29, 0.717) is 23.9 Å². The van der Waals surface area contributed by atoms with Crippen LogP contribution in [0.4, 0.5) is 4.79 Å². The van der Waals surface area contributed by atoms with E-state index >= 15 is 0 Å². The molecule has 2 rings (SSSR count). The molecule has 7 heteroatoms. The first-order valence-electron chi connectivity index (χ1n) is 9.24. The molecule has 7 nitrogen and oxygen atoms in total. The first-order chi connectivity index (χ1) is 12.7. The number of Topliss-reactive ketones (excluding diaryl/α,β-unsaturated/α-hetero) is 1. The van der Waals surface area contributed by atoms with Crippen molar-refractivity contribution in [2.45, 2.75) is 46.1 Å². The van der Waals surface area contributed by atoms with E-state index in [1.807, 2.05) is 13.0 Å². The lowest BCUT2D eigenvalue weighted by molar-refractivity contribution is -0.122. The van der Waals surface area contributed by atoms with E-state index in [1.54, 1.807) is 12.1 Å². The molecule has 1 aromatic carbocycles. The second kappa shape index (κ2) is 8.90. The number of piperidine rings is 1. The quantitative estimate of drug-likeness (QED) is 0.561. The van der Waals surface area contributed by atoms with Crippen molar-refractivity contribution < 1.29 is 14.3 Å². The Hall–Kier alpha value is -2.54. The summed E-state index contributed by atoms with van der Waals surface area (Å²) in [7, 11) is 0. The number of ether oxygens (including phenoxy) is 1. The highest BCUT2D eigenvalue weighted by Gasteiger charge is 2.26. The van der Waals surface area contributed by atoms with E-state index in [2.05, 4.69) is 18.4 Å². The standard InChI is InChI=1S/C20H30N4O3/c1-13-7-9-23(10-8-13)16(4)24(22)18(15(3)25)12-17-5-6-19(14(2)11-17)27-20(21)26/h5-6,11,13,18H,4,7-10,12,22H2,1-3H3,(H2,21,26)/t18-/m1/s1. The van der Waals surface area contributed by atoms with Gasteiger partial charge in [-0.2, -0.15) is 0 Å². The fraction of sp³-hybridized carbons (Fsp3) is 0.500. The highest BCUT2D eigenvalue weighted by atomic mass is 16.5. The molecule has 1 atom stereocenters. The van der Waals surface area contributed by atoms with Gasteiger partial charge in [0.05, 0.1) is 0 Å². The molecule has 0 spiro atoms. The number of primary amides is 1. The minimum absolute atomic E-state index is 0.0286. The molecule has 0 aliphatic carbocycles. The summed E-state index contributed by atoms with van der Waals surface area (Å²) in [4.78, 5) is 25.3. The van der Waals surface area contributed by atoms with Crippen LogP contribution in [-0.4, -0.2) is 40.9 Å². The van der Waals surface area contributed by atoms with Crippen LogP contribution in [0.5, 0.6) is 5.75 Å². The van der Waals surface area contributed by atoms with Crippen molar-refractivity contribution in [1.82, 2.24) is 9.91 Å². The number of likely N-dealkylation sites (tertiary alicyclic amines) is 1. The van der Waals surface area contributed by atoms with Crippen LogP contribution in [0.15, 0.2) is 30.6 Å². The third kappa shape index (κ3) is 5.47. The van der Waals surface area contributed by atoms with Crippen LogP contribution in [0.3, 0.4) is 0 Å². The smallest absolute Gasteiger partial charge is 0.409 e. The van der Waals surface area contributed by atoms with Crippen molar-refractivity contribution in [3.63, 3.8) is 0 Å². The van der Waals surface area contributed by atoms with Crippen LogP contribution < -0.4 is 16.3 Å². The Morgan fingerprint density at radius 2 is 2.00 bits per heavy atom. The average Bonchev–Trinajstić information content (AvgIpc) is 2.60. The van der Waals surface area contributed by atoms with Crippen LogP contribution in [-0.2, 0) is 11.2 Å². The highest BCUT2D eigenvalue weighted by Crippen LogP contribution is 2.23. The molecular weight excluding hydrogens is 344 g/mol. The molecule has 1 amide bonds. The van der Waals surface area contributed by atoms with Gasteiger partial charge in [-0.25, -0.2) is 10.6 Å². The van der Waals surface area contributed by atoms with Gasteiger partial charge in [0.1, 0.15) is 17.6 Å². The minimum Gasteiger partial charge on any atom is -0.410 e. The van der Waals surface area contributed by atoms with Gasteiger partial charge in [-0.1, -0.05) is 25.6 Å². The Morgan fingerprint density at radius 3 is 2.52 bits per heavy atom. The number of hydrogen-bond acceptors (Lipinski definition) is 6. The Labute approximate surface area is 160 Å². The second-order valence-corrected chi connectivity index (χ2v) is 7.34. The van der Waals surface area contributed by atoms with Crippen LogP contribution in [0, 0.1) is 12.8 Å². The van der Waals surface area contributed by atoms with Crippen molar-refractivity contribution in [1.29, 1.82) is 0 Å². The molecule has 1 aromatic rings. The zero-order chi connectivity index (χ0) is 20.1. The maximum atomic E-state index is 12.3. The van der Waals surface area contributed by atoms with E-state index in [9.17, 15) is 9.59 Å². The molecule has 4 N–H and O–H groups in total. The molecule has 1 aliphatic heterocycles. The van der Waals surface area contributed by atoms with Crippen LogP contribution in [0.2, 0.25) is 0 Å². The highest BCUT2D eigenvalue weighted by molar-refractivity contribution is 5.82. The van der Waals surface area contributed by atoms with Crippen molar-refractivity contribution >= 4 is 11.9 Å². The number of hydrogen-bond donors (Lipinski definition) is 2. The molecule has 1 aliphatic rings. The number of nitrogens with two attached hydrogens (primary N) is 2. The summed E-state index contributed by atoms with van der Waals surface area (Å²) >= 11 is 0. The number of hydrazine groups is 1. The number of carbonyl (C=O) groups excluding carboxylic acids is 2. The molecule has 1 saturated heterocycles. The summed E-state index contributed by atoms with van der Waals surface area (Å²) in [6.45, 7) is 11.5. The number of rotatable bonds is 7. The van der Waals surface area contributed by atoms with Gasteiger partial charge in [-0.05, 0) is 49.8 Å². The van der Waals surface area contributed by atoms with E-state index < -0.39 is 12.1 Å². The van der Waals surface area contributed by atoms with Crippen LogP contribution in [0.1, 0.15) is 37.8 Å². The van der Waals surface area contributed by atoms with Gasteiger partial charge in [0.2, 0.25) is 0 Å². The van der Waals surface area contributed by atoms with E-state index in [-0.39, 0.29) is 5.78 Å². The number of amides is 1. The lowest BCUT2D eigenvalue weighted by Crippen LogP contribution is -2.50. The third-order valence-electron chi connectivity index (χ3n) is 5.13. The molecule has 0 aromatic heterocycles. The van der Waals surface area contributed by atoms with E-state index in [4.69, 9.17) is 16.3 Å². The Balaban J connectivity index is 2.10. The Kier molecular flexibility index (Phi) is 6.85. The van der Waals surface area contributed by atoms with Gasteiger partial charge in [-0.3, -0.25) is 9.80 Å². The molecule has 0 bridgehead atoms. The molecular formula is C20H30N4O3. The largest absolute Gasteiger partial charge is 0.410 e. The number of ketones is 1. The fourth-order valence-corrected chi connectivity index (χ4v) is 3.33. The van der Waals surface area contributed by atoms with Gasteiger partial charge in [0.15, 0.2) is 5.78 Å². The molecule has 1 heterocycles. The topological polar surface area (TPSA) is 102 Å². The summed E-state index contributed by atoms with van der Waals surface area (Å²) < 4.78 is 4.94. The number of benzene rings is 1. The third-order valence-corrected chi connectivity index (χ3v) is 5.13. The Bertz CT molecular complexity index is 711. The van der Waals surface area contributed by atoms with Crippen LogP contribution in [0.25, 0.3) is 0 Å². The van der Waals surface area contributed by atoms with Gasteiger partial charge < -0.3 is 15.4 Å². The van der Waals surface area contributed by atoms with E-state index in [0.717, 1.165) is 37.1 Å². The van der Waals surface area contributed by atoms with Crippen molar-refractivity contribution in [3.8, 4) is 5.75 Å². The maximum Gasteiger partial charge on any atom is 0.409 e. The van der Waals surface area contributed by atoms with Crippen molar-refractivity contribution in [2.75, 3.05) is 13.1 Å². The fourth-order valence-electron chi connectivity index (χ4n) is 3.33. The van der Waals surface area contributed by atoms with Crippen molar-refractivity contribution in [3.05, 3.63) is 41.7 Å². The number of carbonyl (C=O) groups is 2. The molecule has 0 unspecified atom stereocenters. The first kappa shape index (κ1) is 20.8. The van der Waals surface area contributed by atoms with Crippen LogP contribution >= 0.6 is 0 Å². The minimum atomic E-state index is -0.854. The number of aryl methyl sites for hydroxylation is 1. The Morgan fingerprint density at radius 1 is 1.37 bits per heavy atom. The molecule has 0 radical (unpaired) electrons. The molecule has 148 valence electrons. The zero-order valence-corrected chi connectivity index (χ0v) is 16.4. The van der Waals surface area contributed by atoms with Gasteiger partial charge in [0.25, 0.3) is 0 Å². The summed E-state index contributed by atoms with van der Waals surface area (Å²) in [6, 6.07) is 4.83. The van der Waals surface area contributed by atoms with Gasteiger partial charge in [-0.15, -0.1) is 0 Å². The predicted octanol–water partition coefficient (Wildman–Crippen LogP) is 2.33. The summed E-state index contributed by atoms with van der Waals surface area (Å²) in [5, 5.41) is 1.49. The molecule has 1 fully saturated rings. The first-order valence-corrected chi connectivity index (χ1v) is 9.24. The maximum absolute atomic E-state index is 12.3. The number of nitrogens with zero attached hydrogens (tertiary/aromatic N) is 2. The summed E-state index contributed by atoms with van der Waals surface area (Å²) in [6.07, 6.45) is 1.77. The second-order valence-electron chi connectivity index (χ2n) is 7.34.